The van der Waals surface area contributed by atoms with Crippen molar-refractivity contribution < 1.29 is 8.98 Å². The monoisotopic (exact) mass is 766 g/mol. The van der Waals surface area contributed by atoms with Gasteiger partial charge < -0.3 is 8.98 Å². The van der Waals surface area contributed by atoms with Gasteiger partial charge in [0.2, 0.25) is 0 Å². The molecule has 2 unspecified atom stereocenters. The number of hydrogen-bond donors (Lipinski definition) is 0. The Balaban J connectivity index is 1.18. The molecule has 0 radical (unpaired) electrons. The molecule has 268 valence electrons. The van der Waals surface area contributed by atoms with E-state index in [4.69, 9.17) is 14.4 Å². The molecule has 0 fully saturated rings. The second-order valence-electron chi connectivity index (χ2n) is 14.8. The Kier molecular flexibility index (Phi) is 7.02. The summed E-state index contributed by atoms with van der Waals surface area (Å²) in [5, 5.41) is 5.53. The number of hydrogen-bond acceptors (Lipinski definition) is 5. The molecule has 6 heteroatoms. The molecule has 57 heavy (non-hydrogen) atoms. The molecule has 2 aliphatic heterocycles. The van der Waals surface area contributed by atoms with Crippen LogP contribution in [0.5, 0.6) is 0 Å². The summed E-state index contributed by atoms with van der Waals surface area (Å²) in [6.07, 6.45) is 0. The van der Waals surface area contributed by atoms with Crippen LogP contribution in [0.15, 0.2) is 202 Å². The van der Waals surface area contributed by atoms with Gasteiger partial charge in [0.1, 0.15) is 11.2 Å². The fourth-order valence-corrected chi connectivity index (χ4v) is 13.8. The van der Waals surface area contributed by atoms with E-state index in [-0.39, 0.29) is 0 Å². The summed E-state index contributed by atoms with van der Waals surface area (Å²) in [4.78, 5) is 12.7. The minimum atomic E-state index is -3.41. The zero-order chi connectivity index (χ0) is 37.7. The molecule has 2 aliphatic rings. The Bertz CT molecular complexity index is 3320. The molecule has 2 aromatic heterocycles. The highest BCUT2D eigenvalue weighted by molar-refractivity contribution is 7.99. The van der Waals surface area contributed by atoms with Crippen molar-refractivity contribution in [3.63, 3.8) is 0 Å². The van der Waals surface area contributed by atoms with E-state index in [1.165, 1.54) is 5.56 Å². The third-order valence-electron chi connectivity index (χ3n) is 11.8. The number of furan rings is 1. The fraction of sp³-hybridized carbons (Fsp3) is 0.0196. The van der Waals surface area contributed by atoms with Crippen LogP contribution in [0.2, 0.25) is 0 Å². The van der Waals surface area contributed by atoms with Crippen molar-refractivity contribution in [2.75, 3.05) is 0 Å². The van der Waals surface area contributed by atoms with Gasteiger partial charge in [-0.15, -0.1) is 0 Å². The highest BCUT2D eigenvalue weighted by Crippen LogP contribution is 2.62. The third kappa shape index (κ3) is 4.56. The predicted octanol–water partition coefficient (Wildman–Crippen LogP) is 11.7. The van der Waals surface area contributed by atoms with Gasteiger partial charge in [-0.1, -0.05) is 163 Å². The largest absolute Gasteiger partial charge is 0.456 e. The fourth-order valence-electron chi connectivity index (χ4n) is 9.36. The van der Waals surface area contributed by atoms with E-state index < -0.39 is 12.6 Å². The second kappa shape index (κ2) is 12.2. The first kappa shape index (κ1) is 32.7. The SMILES string of the molecule is O=P1(c2ccccc2)c2ccccc2C2(c3ccccc3Sc3cc(-c4nc(-c5ccccc5)c5ccccc5n4)ccc32)c2cc3c(cc21)oc1ccccc13. The van der Waals surface area contributed by atoms with Crippen LogP contribution in [-0.2, 0) is 9.98 Å². The van der Waals surface area contributed by atoms with Gasteiger partial charge in [0.05, 0.1) is 16.6 Å². The lowest BCUT2D eigenvalue weighted by atomic mass is 9.64. The van der Waals surface area contributed by atoms with Gasteiger partial charge in [0.15, 0.2) is 13.0 Å². The third-order valence-corrected chi connectivity index (χ3v) is 16.1. The molecule has 2 atom stereocenters. The van der Waals surface area contributed by atoms with Crippen LogP contribution in [-0.4, -0.2) is 9.97 Å². The number of benzene rings is 8. The summed E-state index contributed by atoms with van der Waals surface area (Å²) in [6.45, 7) is 0. The van der Waals surface area contributed by atoms with E-state index in [1.54, 1.807) is 11.8 Å². The summed E-state index contributed by atoms with van der Waals surface area (Å²) in [5.41, 5.74) is 8.91. The van der Waals surface area contributed by atoms with Gasteiger partial charge in [0, 0.05) is 53.0 Å². The number of fused-ring (bicyclic) bond motifs is 12. The molecule has 1 spiro atoms. The van der Waals surface area contributed by atoms with Crippen molar-refractivity contribution >= 4 is 67.7 Å². The Morgan fingerprint density at radius 1 is 0.474 bits per heavy atom. The van der Waals surface area contributed by atoms with Crippen molar-refractivity contribution in [2.24, 2.45) is 0 Å². The van der Waals surface area contributed by atoms with Gasteiger partial charge in [-0.3, -0.25) is 0 Å². The molecule has 0 N–H and O–H groups in total. The van der Waals surface area contributed by atoms with Gasteiger partial charge in [-0.05, 0) is 58.7 Å². The maximum atomic E-state index is 16.4. The summed E-state index contributed by atoms with van der Waals surface area (Å²) in [7, 11) is -3.41. The number of nitrogens with zero attached hydrogens (tertiary/aromatic N) is 2. The summed E-state index contributed by atoms with van der Waals surface area (Å²) >= 11 is 1.77. The molecule has 12 rings (SSSR count). The first-order valence-electron chi connectivity index (χ1n) is 19.1. The Labute approximate surface area is 333 Å². The summed E-state index contributed by atoms with van der Waals surface area (Å²) in [6, 6.07) is 65.0. The summed E-state index contributed by atoms with van der Waals surface area (Å²) < 4.78 is 23.0. The molecule has 10 aromatic rings. The van der Waals surface area contributed by atoms with Crippen molar-refractivity contribution in [3.8, 4) is 22.6 Å². The number of aromatic nitrogens is 2. The van der Waals surface area contributed by atoms with Crippen LogP contribution < -0.4 is 15.9 Å². The lowest BCUT2D eigenvalue weighted by molar-refractivity contribution is 0.589. The van der Waals surface area contributed by atoms with Crippen LogP contribution in [0.25, 0.3) is 55.5 Å². The number of rotatable bonds is 3. The minimum absolute atomic E-state index is 0.675. The average molecular weight is 767 g/mol. The van der Waals surface area contributed by atoms with E-state index in [0.717, 1.165) is 92.1 Å². The highest BCUT2D eigenvalue weighted by Gasteiger charge is 2.54. The normalized spacial score (nSPS) is 18.0. The molecule has 0 saturated heterocycles. The maximum Gasteiger partial charge on any atom is 0.171 e. The van der Waals surface area contributed by atoms with Crippen molar-refractivity contribution in [1.82, 2.24) is 9.97 Å². The zero-order valence-corrected chi connectivity index (χ0v) is 32.2. The molecule has 0 amide bonds. The van der Waals surface area contributed by atoms with Crippen molar-refractivity contribution in [1.29, 1.82) is 0 Å². The Morgan fingerprint density at radius 2 is 1.16 bits per heavy atom. The lowest BCUT2D eigenvalue weighted by Gasteiger charge is -2.47. The molecule has 0 aliphatic carbocycles. The molecular weight excluding hydrogens is 736 g/mol. The topological polar surface area (TPSA) is 56.0 Å². The summed E-state index contributed by atoms with van der Waals surface area (Å²) in [5.74, 6) is 0.675. The molecule has 8 aromatic carbocycles. The second-order valence-corrected chi connectivity index (χ2v) is 18.5. The first-order chi connectivity index (χ1) is 28.1. The average Bonchev–Trinajstić information content (AvgIpc) is 3.65. The maximum absolute atomic E-state index is 16.4. The van der Waals surface area contributed by atoms with Gasteiger partial charge in [-0.2, -0.15) is 0 Å². The standard InChI is InChI=1S/C51H31N2O2PS/c54-56(34-17-5-2-6-18-34)45-25-13-9-21-38(45)51(41-30-37-35-19-8-12-24-43(35)55-44(37)31-46(41)56)39-22-10-14-26-47(39)57-48-29-33(27-28-40(48)51)50-52-42-23-11-7-20-36(42)49(53-50)32-15-3-1-4-16-32/h1-31H. The number of para-hydroxylation sites is 2. The van der Waals surface area contributed by atoms with Gasteiger partial charge >= 0.3 is 0 Å². The smallest absolute Gasteiger partial charge is 0.171 e. The van der Waals surface area contributed by atoms with Crippen molar-refractivity contribution in [3.05, 3.63) is 210 Å². The van der Waals surface area contributed by atoms with E-state index in [2.05, 4.69) is 121 Å². The predicted molar refractivity (Wildman–Crippen MR) is 233 cm³/mol. The van der Waals surface area contributed by atoms with E-state index in [1.807, 2.05) is 66.7 Å². The van der Waals surface area contributed by atoms with Crippen LogP contribution >= 0.6 is 18.9 Å². The molecule has 4 nitrogen and oxygen atoms in total. The zero-order valence-electron chi connectivity index (χ0n) is 30.5. The Hall–Kier alpha value is -6.52. The lowest BCUT2D eigenvalue weighted by Crippen LogP contribution is -2.48. The van der Waals surface area contributed by atoms with E-state index >= 15 is 4.57 Å². The molecule has 0 bridgehead atoms. The Morgan fingerprint density at radius 3 is 2.02 bits per heavy atom. The highest BCUT2D eigenvalue weighted by atomic mass is 32.2. The quantitative estimate of drug-likeness (QED) is 0.168. The van der Waals surface area contributed by atoms with Gasteiger partial charge in [0.25, 0.3) is 0 Å². The molecule has 4 heterocycles. The van der Waals surface area contributed by atoms with Crippen molar-refractivity contribution in [2.45, 2.75) is 15.2 Å². The van der Waals surface area contributed by atoms with Crippen LogP contribution in [0.3, 0.4) is 0 Å². The molecule has 0 saturated carbocycles. The minimum Gasteiger partial charge on any atom is -0.456 e. The van der Waals surface area contributed by atoms with Crippen LogP contribution in [0.1, 0.15) is 22.3 Å². The van der Waals surface area contributed by atoms with E-state index in [9.17, 15) is 0 Å². The van der Waals surface area contributed by atoms with Gasteiger partial charge in [-0.25, -0.2) is 9.97 Å². The van der Waals surface area contributed by atoms with E-state index in [0.29, 0.717) is 5.82 Å². The van der Waals surface area contributed by atoms with Crippen LogP contribution in [0.4, 0.5) is 0 Å². The molecular formula is C51H31N2O2PS. The van der Waals surface area contributed by atoms with Crippen LogP contribution in [0, 0.1) is 0 Å². The first-order valence-corrected chi connectivity index (χ1v) is 21.6.